The van der Waals surface area contributed by atoms with Crippen molar-refractivity contribution in [3.05, 3.63) is 59.8 Å². The largest absolute Gasteiger partial charge is 0.480 e. The lowest BCUT2D eigenvalue weighted by Gasteiger charge is -2.30. The SMILES string of the molecule is Cn1nc2ccccc2c1C(=O)Nc1ccc([C@H]2CC[C@H](C(=O)NC(C)(C)C(=O)O)CC2)cc1. The Morgan fingerprint density at radius 3 is 2.29 bits per heavy atom. The maximum Gasteiger partial charge on any atom is 0.328 e. The zero-order valence-corrected chi connectivity index (χ0v) is 19.7. The van der Waals surface area contributed by atoms with Crippen LogP contribution in [-0.2, 0) is 16.6 Å². The summed E-state index contributed by atoms with van der Waals surface area (Å²) in [6, 6.07) is 15.4. The van der Waals surface area contributed by atoms with Gasteiger partial charge in [0, 0.05) is 24.0 Å². The van der Waals surface area contributed by atoms with Crippen molar-refractivity contribution in [3.63, 3.8) is 0 Å². The van der Waals surface area contributed by atoms with Gasteiger partial charge in [-0.25, -0.2) is 4.79 Å². The van der Waals surface area contributed by atoms with Crippen LogP contribution in [0.15, 0.2) is 48.5 Å². The Labute approximate surface area is 198 Å². The molecule has 2 aromatic carbocycles. The van der Waals surface area contributed by atoms with E-state index < -0.39 is 11.5 Å². The highest BCUT2D eigenvalue weighted by Gasteiger charge is 2.34. The molecule has 1 aliphatic carbocycles. The van der Waals surface area contributed by atoms with Gasteiger partial charge in [0.25, 0.3) is 5.91 Å². The quantitative estimate of drug-likeness (QED) is 0.511. The molecule has 34 heavy (non-hydrogen) atoms. The number of aromatic nitrogens is 2. The Balaban J connectivity index is 1.35. The maximum absolute atomic E-state index is 12.9. The summed E-state index contributed by atoms with van der Waals surface area (Å²) >= 11 is 0. The normalized spacial score (nSPS) is 18.4. The summed E-state index contributed by atoms with van der Waals surface area (Å²) in [4.78, 5) is 36.6. The van der Waals surface area contributed by atoms with Crippen molar-refractivity contribution < 1.29 is 19.5 Å². The Kier molecular flexibility index (Phi) is 6.41. The van der Waals surface area contributed by atoms with Gasteiger partial charge in [0.05, 0.1) is 5.52 Å². The first-order chi connectivity index (χ1) is 16.2. The number of aryl methyl sites for hydroxylation is 1. The van der Waals surface area contributed by atoms with Gasteiger partial charge in [0.15, 0.2) is 0 Å². The number of hydrogen-bond donors (Lipinski definition) is 3. The van der Waals surface area contributed by atoms with Crippen LogP contribution in [0, 0.1) is 5.92 Å². The fourth-order valence-electron chi connectivity index (χ4n) is 4.60. The van der Waals surface area contributed by atoms with E-state index >= 15 is 0 Å². The Bertz CT molecular complexity index is 1220. The van der Waals surface area contributed by atoms with E-state index in [0.29, 0.717) is 17.3 Å². The van der Waals surface area contributed by atoms with Crippen LogP contribution in [0.4, 0.5) is 5.69 Å². The number of carbonyl (C=O) groups excluding carboxylic acids is 2. The van der Waals surface area contributed by atoms with E-state index in [9.17, 15) is 19.5 Å². The standard InChI is InChI=1S/C26H30N4O4/c1-26(2,25(33)34)28-23(31)18-10-8-16(9-11-18)17-12-14-19(15-13-17)27-24(32)22-20-6-4-5-7-21(20)29-30(22)3/h4-7,12-16,18H,8-11H2,1-3H3,(H,27,32)(H,28,31)(H,33,34)/t16-,18-. The molecule has 178 valence electrons. The van der Waals surface area contributed by atoms with E-state index in [4.69, 9.17) is 0 Å². The molecule has 0 saturated heterocycles. The molecule has 1 fully saturated rings. The molecule has 1 aromatic heterocycles. The van der Waals surface area contributed by atoms with Gasteiger partial charge in [0.1, 0.15) is 11.2 Å². The number of carboxylic acids is 1. The van der Waals surface area contributed by atoms with Gasteiger partial charge in [-0.3, -0.25) is 14.3 Å². The van der Waals surface area contributed by atoms with E-state index in [-0.39, 0.29) is 17.7 Å². The number of benzene rings is 2. The second-order valence-electron chi connectivity index (χ2n) is 9.53. The number of nitrogens with one attached hydrogen (secondary N) is 2. The molecular weight excluding hydrogens is 432 g/mol. The fraction of sp³-hybridized carbons (Fsp3) is 0.385. The molecule has 1 saturated carbocycles. The van der Waals surface area contributed by atoms with Crippen molar-refractivity contribution in [2.75, 3.05) is 5.32 Å². The Hall–Kier alpha value is -3.68. The van der Waals surface area contributed by atoms with E-state index in [1.807, 2.05) is 48.5 Å². The summed E-state index contributed by atoms with van der Waals surface area (Å²) in [6.07, 6.45) is 3.16. The molecule has 4 rings (SSSR count). The third kappa shape index (κ3) is 4.81. The van der Waals surface area contributed by atoms with Crippen molar-refractivity contribution in [2.24, 2.45) is 13.0 Å². The second-order valence-corrected chi connectivity index (χ2v) is 9.53. The summed E-state index contributed by atoms with van der Waals surface area (Å²) in [5, 5.41) is 20.0. The fourth-order valence-corrected chi connectivity index (χ4v) is 4.60. The van der Waals surface area contributed by atoms with Gasteiger partial charge in [0.2, 0.25) is 5.91 Å². The Morgan fingerprint density at radius 2 is 1.65 bits per heavy atom. The van der Waals surface area contributed by atoms with Crippen LogP contribution < -0.4 is 10.6 Å². The van der Waals surface area contributed by atoms with E-state index in [1.54, 1.807) is 11.7 Å². The predicted octanol–water partition coefficient (Wildman–Crippen LogP) is 4.08. The monoisotopic (exact) mass is 462 g/mol. The summed E-state index contributed by atoms with van der Waals surface area (Å²) in [5.41, 5.74) is 1.91. The molecule has 0 bridgehead atoms. The van der Waals surface area contributed by atoms with Crippen LogP contribution in [0.1, 0.15) is 61.5 Å². The van der Waals surface area contributed by atoms with Crippen molar-refractivity contribution in [2.45, 2.75) is 51.0 Å². The van der Waals surface area contributed by atoms with Gasteiger partial charge in [-0.2, -0.15) is 5.10 Å². The predicted molar refractivity (Wildman–Crippen MR) is 130 cm³/mol. The Morgan fingerprint density at radius 1 is 1.00 bits per heavy atom. The smallest absolute Gasteiger partial charge is 0.328 e. The van der Waals surface area contributed by atoms with Gasteiger partial charge in [-0.05, 0) is 69.2 Å². The third-order valence-corrected chi connectivity index (χ3v) is 6.66. The number of rotatable bonds is 6. The van der Waals surface area contributed by atoms with Gasteiger partial charge >= 0.3 is 5.97 Å². The van der Waals surface area contributed by atoms with Gasteiger partial charge < -0.3 is 15.7 Å². The first-order valence-corrected chi connectivity index (χ1v) is 11.5. The summed E-state index contributed by atoms with van der Waals surface area (Å²) in [7, 11) is 1.76. The lowest BCUT2D eigenvalue weighted by atomic mass is 9.78. The van der Waals surface area contributed by atoms with E-state index in [0.717, 1.165) is 36.6 Å². The van der Waals surface area contributed by atoms with Crippen molar-refractivity contribution in [3.8, 4) is 0 Å². The lowest BCUT2D eigenvalue weighted by Crippen LogP contribution is -2.51. The minimum Gasteiger partial charge on any atom is -0.480 e. The van der Waals surface area contributed by atoms with Crippen molar-refractivity contribution >= 4 is 34.4 Å². The summed E-state index contributed by atoms with van der Waals surface area (Å²) < 4.78 is 1.60. The molecule has 0 atom stereocenters. The number of anilines is 1. The third-order valence-electron chi connectivity index (χ3n) is 6.66. The molecule has 2 amide bonds. The van der Waals surface area contributed by atoms with E-state index in [2.05, 4.69) is 15.7 Å². The molecule has 8 heteroatoms. The number of amides is 2. The number of carboxylic acid groups (broad SMARTS) is 1. The number of nitrogens with zero attached hydrogens (tertiary/aromatic N) is 2. The second kappa shape index (κ2) is 9.29. The van der Waals surface area contributed by atoms with Crippen LogP contribution in [0.25, 0.3) is 10.9 Å². The number of aliphatic carboxylic acids is 1. The van der Waals surface area contributed by atoms with Gasteiger partial charge in [-0.1, -0.05) is 30.3 Å². The highest BCUT2D eigenvalue weighted by molar-refractivity contribution is 6.11. The van der Waals surface area contributed by atoms with E-state index in [1.165, 1.54) is 19.4 Å². The molecule has 0 radical (unpaired) electrons. The number of fused-ring (bicyclic) bond motifs is 1. The van der Waals surface area contributed by atoms with Gasteiger partial charge in [-0.15, -0.1) is 0 Å². The van der Waals surface area contributed by atoms with Crippen LogP contribution in [-0.4, -0.2) is 38.2 Å². The zero-order chi connectivity index (χ0) is 24.5. The highest BCUT2D eigenvalue weighted by Crippen LogP contribution is 2.36. The first kappa shape index (κ1) is 23.5. The molecular formula is C26H30N4O4. The summed E-state index contributed by atoms with van der Waals surface area (Å²) in [6.45, 7) is 2.99. The number of hydrogen-bond acceptors (Lipinski definition) is 4. The molecule has 1 heterocycles. The molecule has 3 aromatic rings. The molecule has 8 nitrogen and oxygen atoms in total. The minimum atomic E-state index is -1.27. The maximum atomic E-state index is 12.9. The molecule has 1 aliphatic rings. The molecule has 3 N–H and O–H groups in total. The lowest BCUT2D eigenvalue weighted by molar-refractivity contribution is -0.146. The average molecular weight is 463 g/mol. The zero-order valence-electron chi connectivity index (χ0n) is 19.7. The summed E-state index contributed by atoms with van der Waals surface area (Å²) in [5.74, 6) is -1.27. The van der Waals surface area contributed by atoms with Crippen LogP contribution in [0.3, 0.4) is 0 Å². The van der Waals surface area contributed by atoms with Crippen LogP contribution in [0.5, 0.6) is 0 Å². The minimum absolute atomic E-state index is 0.165. The van der Waals surface area contributed by atoms with Crippen LogP contribution >= 0.6 is 0 Å². The first-order valence-electron chi connectivity index (χ1n) is 11.5. The molecule has 0 spiro atoms. The number of carbonyl (C=O) groups is 3. The van der Waals surface area contributed by atoms with Crippen molar-refractivity contribution in [1.82, 2.24) is 15.1 Å². The molecule has 0 aliphatic heterocycles. The molecule has 0 unspecified atom stereocenters. The topological polar surface area (TPSA) is 113 Å². The van der Waals surface area contributed by atoms with Crippen molar-refractivity contribution in [1.29, 1.82) is 0 Å². The highest BCUT2D eigenvalue weighted by atomic mass is 16.4. The average Bonchev–Trinajstić information content (AvgIpc) is 3.15. The van der Waals surface area contributed by atoms with Crippen LogP contribution in [0.2, 0.25) is 0 Å².